The lowest BCUT2D eigenvalue weighted by Crippen LogP contribution is -2.56. The Morgan fingerprint density at radius 1 is 1.44 bits per heavy atom. The molecule has 0 aliphatic carbocycles. The van der Waals surface area contributed by atoms with Crippen molar-refractivity contribution in [2.24, 2.45) is 5.73 Å². The van der Waals surface area contributed by atoms with Crippen molar-refractivity contribution < 1.29 is 4.74 Å². The van der Waals surface area contributed by atoms with E-state index in [1.54, 1.807) is 0 Å². The minimum Gasteiger partial charge on any atom is -0.379 e. The van der Waals surface area contributed by atoms with Crippen molar-refractivity contribution in [3.05, 3.63) is 34.9 Å². The van der Waals surface area contributed by atoms with Crippen LogP contribution < -0.4 is 5.73 Å². The van der Waals surface area contributed by atoms with Crippen molar-refractivity contribution in [2.45, 2.75) is 24.9 Å². The van der Waals surface area contributed by atoms with Crippen LogP contribution in [0.4, 0.5) is 0 Å². The first-order valence-corrected chi connectivity index (χ1v) is 6.78. The highest BCUT2D eigenvalue weighted by atomic mass is 35.5. The molecule has 0 amide bonds. The number of nitrogens with two attached hydrogens (primary N) is 1. The van der Waals surface area contributed by atoms with E-state index in [0.717, 1.165) is 36.6 Å². The van der Waals surface area contributed by atoms with E-state index < -0.39 is 0 Å². The molecule has 1 atom stereocenters. The average Bonchev–Trinajstić information content (AvgIpc) is 2.42. The van der Waals surface area contributed by atoms with E-state index in [-0.39, 0.29) is 5.54 Å². The Morgan fingerprint density at radius 2 is 2.22 bits per heavy atom. The van der Waals surface area contributed by atoms with E-state index in [2.05, 4.69) is 18.0 Å². The molecule has 1 aromatic carbocycles. The molecule has 1 aliphatic heterocycles. The second kappa shape index (κ2) is 6.02. The predicted molar refractivity (Wildman–Crippen MR) is 74.8 cm³/mol. The Labute approximate surface area is 114 Å². The molecule has 1 fully saturated rings. The summed E-state index contributed by atoms with van der Waals surface area (Å²) in [7, 11) is 2.10. The van der Waals surface area contributed by atoms with Gasteiger partial charge in [-0.05, 0) is 31.5 Å². The van der Waals surface area contributed by atoms with E-state index in [4.69, 9.17) is 22.1 Å². The quantitative estimate of drug-likeness (QED) is 0.911. The Balaban J connectivity index is 2.10. The van der Waals surface area contributed by atoms with Crippen LogP contribution in [0.3, 0.4) is 0 Å². The van der Waals surface area contributed by atoms with Crippen LogP contribution in [0.15, 0.2) is 24.3 Å². The summed E-state index contributed by atoms with van der Waals surface area (Å²) in [5, 5.41) is 0.813. The summed E-state index contributed by atoms with van der Waals surface area (Å²) < 4.78 is 5.61. The zero-order valence-electron chi connectivity index (χ0n) is 10.9. The van der Waals surface area contributed by atoms with E-state index in [0.29, 0.717) is 13.2 Å². The van der Waals surface area contributed by atoms with Crippen LogP contribution in [-0.2, 0) is 11.3 Å². The summed E-state index contributed by atoms with van der Waals surface area (Å²) in [4.78, 5) is 2.29. The Bertz CT molecular complexity index is 391. The molecule has 1 saturated heterocycles. The first kappa shape index (κ1) is 13.8. The molecule has 2 N–H and O–H groups in total. The first-order chi connectivity index (χ1) is 8.68. The Kier molecular flexibility index (Phi) is 4.62. The fourth-order valence-corrected chi connectivity index (χ4v) is 2.70. The van der Waals surface area contributed by atoms with E-state index >= 15 is 0 Å². The number of hydrogen-bond acceptors (Lipinski definition) is 3. The molecule has 0 aromatic heterocycles. The van der Waals surface area contributed by atoms with Gasteiger partial charge >= 0.3 is 0 Å². The van der Waals surface area contributed by atoms with Gasteiger partial charge in [0.25, 0.3) is 0 Å². The number of hydrogen-bond donors (Lipinski definition) is 1. The SMILES string of the molecule is CN(Cc1ccccc1Cl)C1(CN)CCCOC1. The maximum Gasteiger partial charge on any atom is 0.0662 e. The third-order valence-corrected chi connectivity index (χ3v) is 4.23. The van der Waals surface area contributed by atoms with Crippen molar-refractivity contribution in [1.82, 2.24) is 4.90 Å². The zero-order chi connectivity index (χ0) is 13.0. The van der Waals surface area contributed by atoms with Gasteiger partial charge in [0.2, 0.25) is 0 Å². The largest absolute Gasteiger partial charge is 0.379 e. The number of likely N-dealkylation sites (N-methyl/N-ethyl adjacent to an activating group) is 1. The number of nitrogens with zero attached hydrogens (tertiary/aromatic N) is 1. The predicted octanol–water partition coefficient (Wildman–Crippen LogP) is 2.28. The molecule has 100 valence electrons. The van der Waals surface area contributed by atoms with Crippen LogP contribution in [0, 0.1) is 0 Å². The van der Waals surface area contributed by atoms with Gasteiger partial charge in [0.1, 0.15) is 0 Å². The maximum atomic E-state index is 6.21. The first-order valence-electron chi connectivity index (χ1n) is 6.40. The highest BCUT2D eigenvalue weighted by molar-refractivity contribution is 6.31. The molecule has 1 aliphatic rings. The lowest BCUT2D eigenvalue weighted by molar-refractivity contribution is -0.0374. The normalized spacial score (nSPS) is 24.4. The Morgan fingerprint density at radius 3 is 2.83 bits per heavy atom. The zero-order valence-corrected chi connectivity index (χ0v) is 11.6. The minimum absolute atomic E-state index is 0.0442. The second-order valence-corrected chi connectivity index (χ2v) is 5.44. The summed E-state index contributed by atoms with van der Waals surface area (Å²) in [5.41, 5.74) is 7.07. The number of benzene rings is 1. The number of ether oxygens (including phenoxy) is 1. The van der Waals surface area contributed by atoms with Crippen LogP contribution >= 0.6 is 11.6 Å². The standard InChI is InChI=1S/C14H21ClN2O/c1-17(9-12-5-2-3-6-13(12)15)14(10-16)7-4-8-18-11-14/h2-3,5-6H,4,7-11,16H2,1H3. The lowest BCUT2D eigenvalue weighted by Gasteiger charge is -2.43. The molecule has 1 unspecified atom stereocenters. The monoisotopic (exact) mass is 268 g/mol. The molecule has 1 heterocycles. The van der Waals surface area contributed by atoms with E-state index in [9.17, 15) is 0 Å². The van der Waals surface area contributed by atoms with Crippen molar-refractivity contribution in [2.75, 3.05) is 26.8 Å². The molecule has 18 heavy (non-hydrogen) atoms. The molecule has 1 aromatic rings. The Hall–Kier alpha value is -0.610. The summed E-state index contributed by atoms with van der Waals surface area (Å²) in [6, 6.07) is 7.96. The minimum atomic E-state index is -0.0442. The van der Waals surface area contributed by atoms with E-state index in [1.807, 2.05) is 18.2 Å². The van der Waals surface area contributed by atoms with E-state index in [1.165, 1.54) is 0 Å². The fourth-order valence-electron chi connectivity index (χ4n) is 2.51. The molecular weight excluding hydrogens is 248 g/mol. The number of halogens is 1. The molecular formula is C14H21ClN2O. The average molecular weight is 269 g/mol. The van der Waals surface area contributed by atoms with Gasteiger partial charge in [0.05, 0.1) is 12.1 Å². The van der Waals surface area contributed by atoms with Gasteiger partial charge in [0.15, 0.2) is 0 Å². The molecule has 0 saturated carbocycles. The van der Waals surface area contributed by atoms with Crippen LogP contribution in [0.5, 0.6) is 0 Å². The molecule has 3 nitrogen and oxygen atoms in total. The number of rotatable bonds is 4. The van der Waals surface area contributed by atoms with Gasteiger partial charge in [0, 0.05) is 24.7 Å². The van der Waals surface area contributed by atoms with Crippen LogP contribution in [-0.4, -0.2) is 37.2 Å². The highest BCUT2D eigenvalue weighted by Gasteiger charge is 2.35. The van der Waals surface area contributed by atoms with Gasteiger partial charge in [-0.1, -0.05) is 29.8 Å². The summed E-state index contributed by atoms with van der Waals surface area (Å²) in [5.74, 6) is 0. The smallest absolute Gasteiger partial charge is 0.0662 e. The molecule has 2 rings (SSSR count). The van der Waals surface area contributed by atoms with Crippen LogP contribution in [0.2, 0.25) is 5.02 Å². The fraction of sp³-hybridized carbons (Fsp3) is 0.571. The molecule has 0 spiro atoms. The lowest BCUT2D eigenvalue weighted by atomic mass is 9.90. The van der Waals surface area contributed by atoms with Crippen molar-refractivity contribution in [3.8, 4) is 0 Å². The summed E-state index contributed by atoms with van der Waals surface area (Å²) >= 11 is 6.21. The van der Waals surface area contributed by atoms with Gasteiger partial charge < -0.3 is 10.5 Å². The van der Waals surface area contributed by atoms with Gasteiger partial charge in [-0.3, -0.25) is 4.90 Å². The van der Waals surface area contributed by atoms with Crippen molar-refractivity contribution >= 4 is 11.6 Å². The third-order valence-electron chi connectivity index (χ3n) is 3.86. The maximum absolute atomic E-state index is 6.21. The highest BCUT2D eigenvalue weighted by Crippen LogP contribution is 2.27. The van der Waals surface area contributed by atoms with Crippen molar-refractivity contribution in [3.63, 3.8) is 0 Å². The topological polar surface area (TPSA) is 38.5 Å². The second-order valence-electron chi connectivity index (χ2n) is 5.03. The van der Waals surface area contributed by atoms with Gasteiger partial charge in [-0.2, -0.15) is 0 Å². The summed E-state index contributed by atoms with van der Waals surface area (Å²) in [6.45, 7) is 2.99. The van der Waals surface area contributed by atoms with Gasteiger partial charge in [-0.15, -0.1) is 0 Å². The van der Waals surface area contributed by atoms with Crippen LogP contribution in [0.1, 0.15) is 18.4 Å². The van der Waals surface area contributed by atoms with Gasteiger partial charge in [-0.25, -0.2) is 0 Å². The molecule has 4 heteroatoms. The molecule has 0 bridgehead atoms. The molecule has 0 radical (unpaired) electrons. The van der Waals surface area contributed by atoms with Crippen LogP contribution in [0.25, 0.3) is 0 Å². The third kappa shape index (κ3) is 2.86. The van der Waals surface area contributed by atoms with Crippen molar-refractivity contribution in [1.29, 1.82) is 0 Å². The summed E-state index contributed by atoms with van der Waals surface area (Å²) in [6.07, 6.45) is 2.16.